The topological polar surface area (TPSA) is 60.9 Å². The summed E-state index contributed by atoms with van der Waals surface area (Å²) >= 11 is 6.06. The van der Waals surface area contributed by atoms with Crippen LogP contribution in [0.5, 0.6) is 0 Å². The van der Waals surface area contributed by atoms with Crippen LogP contribution in [0.25, 0.3) is 0 Å². The van der Waals surface area contributed by atoms with Gasteiger partial charge in [-0.1, -0.05) is 17.7 Å². The molecule has 1 saturated carbocycles. The smallest absolute Gasteiger partial charge is 0.307 e. The van der Waals surface area contributed by atoms with Gasteiger partial charge in [0.05, 0.1) is 11.8 Å². The summed E-state index contributed by atoms with van der Waals surface area (Å²) in [5.41, 5.74) is 2.27. The zero-order valence-corrected chi connectivity index (χ0v) is 13.2. The standard InChI is InChI=1S/C16H19ClN2O3/c1-10-2-3-11(17)8-14(10)18-4-6-19(7-5-18)15(20)12-9-13(12)16(21)22/h2-3,8,12-13H,4-7,9H2,1H3,(H,21,22). The van der Waals surface area contributed by atoms with Crippen LogP contribution in [0.2, 0.25) is 5.02 Å². The second-order valence-electron chi connectivity index (χ2n) is 6.03. The summed E-state index contributed by atoms with van der Waals surface area (Å²) in [6.07, 6.45) is 0.488. The fourth-order valence-electron chi connectivity index (χ4n) is 3.07. The molecule has 118 valence electrons. The number of aliphatic carboxylic acids is 1. The third kappa shape index (κ3) is 2.90. The number of aryl methyl sites for hydroxylation is 1. The molecule has 0 aromatic heterocycles. The zero-order valence-electron chi connectivity index (χ0n) is 12.5. The number of piperazine rings is 1. The van der Waals surface area contributed by atoms with Crippen molar-refractivity contribution in [2.24, 2.45) is 11.8 Å². The number of carbonyl (C=O) groups excluding carboxylic acids is 1. The number of carboxylic acid groups (broad SMARTS) is 1. The first kappa shape index (κ1) is 15.2. The molecule has 22 heavy (non-hydrogen) atoms. The van der Waals surface area contributed by atoms with Crippen molar-refractivity contribution in [3.05, 3.63) is 28.8 Å². The number of nitrogens with zero attached hydrogens (tertiary/aromatic N) is 2. The van der Waals surface area contributed by atoms with Crippen LogP contribution in [-0.2, 0) is 9.59 Å². The molecule has 1 heterocycles. The number of hydrogen-bond acceptors (Lipinski definition) is 3. The molecule has 0 radical (unpaired) electrons. The van der Waals surface area contributed by atoms with E-state index in [0.717, 1.165) is 24.3 Å². The van der Waals surface area contributed by atoms with E-state index in [1.807, 2.05) is 25.1 Å². The van der Waals surface area contributed by atoms with Crippen molar-refractivity contribution in [3.8, 4) is 0 Å². The van der Waals surface area contributed by atoms with Crippen LogP contribution in [-0.4, -0.2) is 48.1 Å². The molecular weight excluding hydrogens is 304 g/mol. The van der Waals surface area contributed by atoms with Gasteiger partial charge in [0.25, 0.3) is 0 Å². The minimum absolute atomic E-state index is 0.00475. The number of amides is 1. The lowest BCUT2D eigenvalue weighted by Gasteiger charge is -2.37. The van der Waals surface area contributed by atoms with Gasteiger partial charge in [-0.15, -0.1) is 0 Å². The molecule has 3 rings (SSSR count). The van der Waals surface area contributed by atoms with E-state index in [0.29, 0.717) is 24.5 Å². The molecule has 2 unspecified atom stereocenters. The molecule has 6 heteroatoms. The van der Waals surface area contributed by atoms with E-state index in [9.17, 15) is 9.59 Å². The average molecular weight is 323 g/mol. The molecule has 1 aromatic rings. The van der Waals surface area contributed by atoms with Crippen LogP contribution >= 0.6 is 11.6 Å². The molecule has 1 aliphatic heterocycles. The highest BCUT2D eigenvalue weighted by Crippen LogP contribution is 2.40. The maximum Gasteiger partial charge on any atom is 0.307 e. The Labute approximate surface area is 134 Å². The summed E-state index contributed by atoms with van der Waals surface area (Å²) in [5.74, 6) is -1.64. The number of carbonyl (C=O) groups is 2. The highest BCUT2D eigenvalue weighted by molar-refractivity contribution is 6.30. The maximum absolute atomic E-state index is 12.3. The van der Waals surface area contributed by atoms with E-state index in [-0.39, 0.29) is 11.8 Å². The summed E-state index contributed by atoms with van der Waals surface area (Å²) < 4.78 is 0. The van der Waals surface area contributed by atoms with Crippen molar-refractivity contribution < 1.29 is 14.7 Å². The van der Waals surface area contributed by atoms with Gasteiger partial charge in [-0.2, -0.15) is 0 Å². The van der Waals surface area contributed by atoms with E-state index >= 15 is 0 Å². The number of rotatable bonds is 3. The van der Waals surface area contributed by atoms with Crippen LogP contribution in [0, 0.1) is 18.8 Å². The molecule has 1 amide bonds. The summed E-state index contributed by atoms with van der Waals surface area (Å²) in [6.45, 7) is 4.81. The van der Waals surface area contributed by atoms with Crippen molar-refractivity contribution in [2.75, 3.05) is 31.1 Å². The number of benzene rings is 1. The first-order valence-electron chi connectivity index (χ1n) is 7.50. The van der Waals surface area contributed by atoms with Gasteiger partial charge in [-0.05, 0) is 31.0 Å². The van der Waals surface area contributed by atoms with Gasteiger partial charge in [-0.25, -0.2) is 0 Å². The number of carboxylic acids is 1. The van der Waals surface area contributed by atoms with Crippen LogP contribution in [0.15, 0.2) is 18.2 Å². The van der Waals surface area contributed by atoms with Gasteiger partial charge >= 0.3 is 5.97 Å². The van der Waals surface area contributed by atoms with Crippen LogP contribution in [0.3, 0.4) is 0 Å². The van der Waals surface area contributed by atoms with Gasteiger partial charge in [0.1, 0.15) is 0 Å². The monoisotopic (exact) mass is 322 g/mol. The normalized spacial score (nSPS) is 24.3. The van der Waals surface area contributed by atoms with Gasteiger partial charge in [0, 0.05) is 36.9 Å². The minimum atomic E-state index is -0.855. The highest BCUT2D eigenvalue weighted by Gasteiger charge is 2.50. The molecule has 2 fully saturated rings. The van der Waals surface area contributed by atoms with Crippen LogP contribution in [0.1, 0.15) is 12.0 Å². The van der Waals surface area contributed by atoms with E-state index in [1.165, 1.54) is 0 Å². The molecule has 2 atom stereocenters. The Hall–Kier alpha value is -1.75. The van der Waals surface area contributed by atoms with Crippen molar-refractivity contribution in [1.82, 2.24) is 4.90 Å². The van der Waals surface area contributed by atoms with Crippen molar-refractivity contribution in [2.45, 2.75) is 13.3 Å². The zero-order chi connectivity index (χ0) is 15.9. The van der Waals surface area contributed by atoms with Gasteiger partial charge < -0.3 is 14.9 Å². The molecular formula is C16H19ClN2O3. The lowest BCUT2D eigenvalue weighted by atomic mass is 10.1. The second kappa shape index (κ2) is 5.80. The number of anilines is 1. The van der Waals surface area contributed by atoms with Crippen molar-refractivity contribution in [3.63, 3.8) is 0 Å². The predicted octanol–water partition coefficient (Wildman–Crippen LogP) is 2.02. The van der Waals surface area contributed by atoms with E-state index < -0.39 is 11.9 Å². The van der Waals surface area contributed by atoms with Crippen LogP contribution < -0.4 is 4.90 Å². The lowest BCUT2D eigenvalue weighted by molar-refractivity contribution is -0.142. The average Bonchev–Trinajstić information content (AvgIpc) is 3.30. The molecule has 1 aromatic carbocycles. The Kier molecular flexibility index (Phi) is 4.00. The van der Waals surface area contributed by atoms with E-state index in [4.69, 9.17) is 16.7 Å². The fourth-order valence-corrected chi connectivity index (χ4v) is 3.23. The predicted molar refractivity (Wildman–Crippen MR) is 84.2 cm³/mol. The third-order valence-corrected chi connectivity index (χ3v) is 4.76. The van der Waals surface area contributed by atoms with Crippen molar-refractivity contribution in [1.29, 1.82) is 0 Å². The number of hydrogen-bond donors (Lipinski definition) is 1. The summed E-state index contributed by atoms with van der Waals surface area (Å²) in [7, 11) is 0. The van der Waals surface area contributed by atoms with Gasteiger partial charge in [0.2, 0.25) is 5.91 Å². The third-order valence-electron chi connectivity index (χ3n) is 4.53. The Bertz CT molecular complexity index is 611. The number of halogens is 1. The van der Waals surface area contributed by atoms with Gasteiger partial charge in [0.15, 0.2) is 0 Å². The molecule has 1 N–H and O–H groups in total. The van der Waals surface area contributed by atoms with E-state index in [1.54, 1.807) is 4.90 Å². The van der Waals surface area contributed by atoms with Gasteiger partial charge in [-0.3, -0.25) is 9.59 Å². The fraction of sp³-hybridized carbons (Fsp3) is 0.500. The molecule has 0 spiro atoms. The Morgan fingerprint density at radius 2 is 1.86 bits per heavy atom. The lowest BCUT2D eigenvalue weighted by Crippen LogP contribution is -2.49. The van der Waals surface area contributed by atoms with E-state index in [2.05, 4.69) is 4.90 Å². The first-order chi connectivity index (χ1) is 10.5. The Morgan fingerprint density at radius 1 is 1.18 bits per heavy atom. The van der Waals surface area contributed by atoms with Crippen LogP contribution in [0.4, 0.5) is 5.69 Å². The molecule has 1 saturated heterocycles. The largest absolute Gasteiger partial charge is 0.481 e. The second-order valence-corrected chi connectivity index (χ2v) is 6.47. The quantitative estimate of drug-likeness (QED) is 0.925. The van der Waals surface area contributed by atoms with Crippen molar-refractivity contribution >= 4 is 29.2 Å². The molecule has 2 aliphatic rings. The summed E-state index contributed by atoms with van der Waals surface area (Å²) in [6, 6.07) is 5.83. The molecule has 1 aliphatic carbocycles. The summed E-state index contributed by atoms with van der Waals surface area (Å²) in [5, 5.41) is 9.64. The maximum atomic E-state index is 12.3. The SMILES string of the molecule is Cc1ccc(Cl)cc1N1CCN(C(=O)C2CC2C(=O)O)CC1. The summed E-state index contributed by atoms with van der Waals surface area (Å²) in [4.78, 5) is 27.2. The molecule has 0 bridgehead atoms. The highest BCUT2D eigenvalue weighted by atomic mass is 35.5. The molecule has 5 nitrogen and oxygen atoms in total. The Balaban J connectivity index is 1.60. The minimum Gasteiger partial charge on any atom is -0.481 e. The first-order valence-corrected chi connectivity index (χ1v) is 7.88. The Morgan fingerprint density at radius 3 is 2.45 bits per heavy atom.